The smallest absolute Gasteiger partial charge is 0.222 e. The van der Waals surface area contributed by atoms with Crippen LogP contribution in [-0.4, -0.2) is 47.6 Å². The van der Waals surface area contributed by atoms with E-state index in [1.165, 1.54) is 24.9 Å². The summed E-state index contributed by atoms with van der Waals surface area (Å²) in [6.07, 6.45) is 7.36. The van der Waals surface area contributed by atoms with Gasteiger partial charge in [-0.1, -0.05) is 0 Å². The van der Waals surface area contributed by atoms with E-state index in [4.69, 9.17) is 5.73 Å². The summed E-state index contributed by atoms with van der Waals surface area (Å²) in [4.78, 5) is 11.2. The van der Waals surface area contributed by atoms with E-state index in [9.17, 15) is 0 Å². The first-order valence-corrected chi connectivity index (χ1v) is 7.16. The molecule has 2 heterocycles. The summed E-state index contributed by atoms with van der Waals surface area (Å²) in [6, 6.07) is 0.316. The van der Waals surface area contributed by atoms with E-state index < -0.39 is 0 Å². The number of likely N-dealkylation sites (tertiary alicyclic amines) is 1. The standard InChI is InChI=1S/C14H25N5/c1-11(5-6-15)18-14-16-8-13(9-17-14)12-4-3-7-19(2)10-12/h8-9,11-12H,3-7,10,15H2,1-2H3,(H,16,17,18). The Morgan fingerprint density at radius 1 is 1.47 bits per heavy atom. The molecule has 1 aliphatic heterocycles. The molecule has 1 saturated heterocycles. The fourth-order valence-corrected chi connectivity index (χ4v) is 2.60. The minimum absolute atomic E-state index is 0.316. The Morgan fingerprint density at radius 2 is 2.21 bits per heavy atom. The first-order chi connectivity index (χ1) is 9.19. The van der Waals surface area contributed by atoms with Crippen molar-refractivity contribution in [2.45, 2.75) is 38.1 Å². The second kappa shape index (κ2) is 6.82. The van der Waals surface area contributed by atoms with Crippen LogP contribution in [0.3, 0.4) is 0 Å². The molecule has 5 heteroatoms. The first kappa shape index (κ1) is 14.2. The molecular weight excluding hydrogens is 238 g/mol. The van der Waals surface area contributed by atoms with Gasteiger partial charge in [0, 0.05) is 25.0 Å². The molecule has 5 nitrogen and oxygen atoms in total. The lowest BCUT2D eigenvalue weighted by molar-refractivity contribution is 0.250. The SMILES string of the molecule is CC(CCN)Nc1ncc(C2CCCN(C)C2)cn1. The molecule has 1 aromatic heterocycles. The summed E-state index contributed by atoms with van der Waals surface area (Å²) in [5.74, 6) is 1.28. The Morgan fingerprint density at radius 3 is 2.84 bits per heavy atom. The van der Waals surface area contributed by atoms with Crippen molar-refractivity contribution in [3.63, 3.8) is 0 Å². The van der Waals surface area contributed by atoms with Crippen LogP contribution in [0.1, 0.15) is 37.7 Å². The summed E-state index contributed by atoms with van der Waals surface area (Å²) in [6.45, 7) is 5.09. The van der Waals surface area contributed by atoms with E-state index in [0.717, 1.165) is 13.0 Å². The van der Waals surface area contributed by atoms with E-state index in [0.29, 0.717) is 24.5 Å². The summed E-state index contributed by atoms with van der Waals surface area (Å²) < 4.78 is 0. The minimum Gasteiger partial charge on any atom is -0.352 e. The molecule has 106 valence electrons. The molecule has 2 unspecified atom stereocenters. The van der Waals surface area contributed by atoms with Gasteiger partial charge in [-0.25, -0.2) is 9.97 Å². The van der Waals surface area contributed by atoms with Gasteiger partial charge in [0.15, 0.2) is 0 Å². The van der Waals surface area contributed by atoms with Crippen LogP contribution in [0.25, 0.3) is 0 Å². The highest BCUT2D eigenvalue weighted by atomic mass is 15.1. The monoisotopic (exact) mass is 263 g/mol. The average Bonchev–Trinajstić information content (AvgIpc) is 2.40. The van der Waals surface area contributed by atoms with Gasteiger partial charge >= 0.3 is 0 Å². The van der Waals surface area contributed by atoms with Crippen molar-refractivity contribution in [2.75, 3.05) is 32.0 Å². The predicted molar refractivity (Wildman–Crippen MR) is 78.3 cm³/mol. The van der Waals surface area contributed by atoms with Crippen molar-refractivity contribution in [3.05, 3.63) is 18.0 Å². The second-order valence-electron chi connectivity index (χ2n) is 5.56. The van der Waals surface area contributed by atoms with Gasteiger partial charge in [-0.15, -0.1) is 0 Å². The lowest BCUT2D eigenvalue weighted by atomic mass is 9.93. The Bertz CT molecular complexity index is 378. The normalized spacial score (nSPS) is 22.2. The van der Waals surface area contributed by atoms with Crippen LogP contribution >= 0.6 is 0 Å². The summed E-state index contributed by atoms with van der Waals surface area (Å²) in [5.41, 5.74) is 6.79. The molecule has 0 aromatic carbocycles. The summed E-state index contributed by atoms with van der Waals surface area (Å²) in [5, 5.41) is 3.27. The highest BCUT2D eigenvalue weighted by Gasteiger charge is 2.19. The molecule has 0 aliphatic carbocycles. The maximum Gasteiger partial charge on any atom is 0.222 e. The summed E-state index contributed by atoms with van der Waals surface area (Å²) >= 11 is 0. The van der Waals surface area contributed by atoms with Crippen LogP contribution in [0.5, 0.6) is 0 Å². The molecule has 0 spiro atoms. The highest BCUT2D eigenvalue weighted by molar-refractivity contribution is 5.27. The quantitative estimate of drug-likeness (QED) is 0.841. The fraction of sp³-hybridized carbons (Fsp3) is 0.714. The number of hydrogen-bond donors (Lipinski definition) is 2. The minimum atomic E-state index is 0.316. The zero-order chi connectivity index (χ0) is 13.7. The zero-order valence-corrected chi connectivity index (χ0v) is 12.0. The van der Waals surface area contributed by atoms with E-state index in [2.05, 4.69) is 34.2 Å². The molecule has 1 fully saturated rings. The predicted octanol–water partition coefficient (Wildman–Crippen LogP) is 1.43. The van der Waals surface area contributed by atoms with E-state index >= 15 is 0 Å². The van der Waals surface area contributed by atoms with Gasteiger partial charge in [0.05, 0.1) is 0 Å². The van der Waals surface area contributed by atoms with Crippen LogP contribution in [0.4, 0.5) is 5.95 Å². The van der Waals surface area contributed by atoms with Gasteiger partial charge in [-0.2, -0.15) is 0 Å². The molecule has 2 atom stereocenters. The van der Waals surface area contributed by atoms with Gasteiger partial charge in [0.25, 0.3) is 0 Å². The molecule has 3 N–H and O–H groups in total. The largest absolute Gasteiger partial charge is 0.352 e. The number of aromatic nitrogens is 2. The maximum atomic E-state index is 5.53. The van der Waals surface area contributed by atoms with Crippen molar-refractivity contribution in [1.82, 2.24) is 14.9 Å². The van der Waals surface area contributed by atoms with Crippen molar-refractivity contribution < 1.29 is 0 Å². The van der Waals surface area contributed by atoms with Crippen LogP contribution in [0.15, 0.2) is 12.4 Å². The van der Waals surface area contributed by atoms with Crippen molar-refractivity contribution in [2.24, 2.45) is 5.73 Å². The lowest BCUT2D eigenvalue weighted by Gasteiger charge is -2.29. The third-order valence-electron chi connectivity index (χ3n) is 3.74. The number of piperidine rings is 1. The van der Waals surface area contributed by atoms with Crippen molar-refractivity contribution in [3.8, 4) is 0 Å². The third-order valence-corrected chi connectivity index (χ3v) is 3.74. The zero-order valence-electron chi connectivity index (χ0n) is 12.0. The lowest BCUT2D eigenvalue weighted by Crippen LogP contribution is -2.31. The van der Waals surface area contributed by atoms with Crippen molar-refractivity contribution in [1.29, 1.82) is 0 Å². The molecule has 0 saturated carbocycles. The van der Waals surface area contributed by atoms with Gasteiger partial charge in [-0.3, -0.25) is 0 Å². The fourth-order valence-electron chi connectivity index (χ4n) is 2.60. The Labute approximate surface area is 115 Å². The van der Waals surface area contributed by atoms with Crippen LogP contribution in [0.2, 0.25) is 0 Å². The number of nitrogens with zero attached hydrogens (tertiary/aromatic N) is 3. The Hall–Kier alpha value is -1.20. The molecule has 0 radical (unpaired) electrons. The molecule has 0 amide bonds. The first-order valence-electron chi connectivity index (χ1n) is 7.16. The number of hydrogen-bond acceptors (Lipinski definition) is 5. The van der Waals surface area contributed by atoms with Crippen molar-refractivity contribution >= 4 is 5.95 Å². The highest BCUT2D eigenvalue weighted by Crippen LogP contribution is 2.25. The van der Waals surface area contributed by atoms with Gasteiger partial charge in [-0.05, 0) is 57.8 Å². The van der Waals surface area contributed by atoms with Gasteiger partial charge in [0.2, 0.25) is 5.95 Å². The summed E-state index contributed by atoms with van der Waals surface area (Å²) in [7, 11) is 2.18. The molecule has 1 aromatic rings. The molecule has 19 heavy (non-hydrogen) atoms. The number of nitrogens with two attached hydrogens (primary N) is 1. The van der Waals surface area contributed by atoms with Crippen LogP contribution in [0, 0.1) is 0 Å². The molecular formula is C14H25N5. The van der Waals surface area contributed by atoms with Crippen LogP contribution in [-0.2, 0) is 0 Å². The van der Waals surface area contributed by atoms with E-state index in [-0.39, 0.29) is 0 Å². The van der Waals surface area contributed by atoms with E-state index in [1.54, 1.807) is 0 Å². The van der Waals surface area contributed by atoms with Gasteiger partial charge in [0.1, 0.15) is 0 Å². The topological polar surface area (TPSA) is 67.1 Å². The molecule has 1 aliphatic rings. The number of anilines is 1. The van der Waals surface area contributed by atoms with E-state index in [1.807, 2.05) is 12.4 Å². The molecule has 2 rings (SSSR count). The number of rotatable bonds is 5. The maximum absolute atomic E-state index is 5.53. The molecule has 0 bridgehead atoms. The average molecular weight is 263 g/mol. The second-order valence-corrected chi connectivity index (χ2v) is 5.56. The Balaban J connectivity index is 1.94. The van der Waals surface area contributed by atoms with Crippen LogP contribution < -0.4 is 11.1 Å². The third kappa shape index (κ3) is 4.14. The Kier molecular flexibility index (Phi) is 5.10. The van der Waals surface area contributed by atoms with Gasteiger partial charge < -0.3 is 16.0 Å². The number of nitrogens with one attached hydrogen (secondary N) is 1. The number of likely N-dealkylation sites (N-methyl/N-ethyl adjacent to an activating group) is 1.